The van der Waals surface area contributed by atoms with E-state index in [4.69, 9.17) is 9.47 Å². The van der Waals surface area contributed by atoms with Gasteiger partial charge in [0.15, 0.2) is 0 Å². The van der Waals surface area contributed by atoms with Crippen LogP contribution < -0.4 is 4.74 Å². The largest absolute Gasteiger partial charge is 0.497 e. The van der Waals surface area contributed by atoms with E-state index >= 15 is 0 Å². The highest BCUT2D eigenvalue weighted by Crippen LogP contribution is 2.12. The Morgan fingerprint density at radius 3 is 2.24 bits per heavy atom. The van der Waals surface area contributed by atoms with Crippen molar-refractivity contribution in [1.29, 1.82) is 0 Å². The Bertz CT molecular complexity index is 534. The van der Waals surface area contributed by atoms with Crippen LogP contribution in [0.4, 0.5) is 0 Å². The third kappa shape index (κ3) is 7.57. The van der Waals surface area contributed by atoms with Crippen molar-refractivity contribution in [2.24, 2.45) is 0 Å². The summed E-state index contributed by atoms with van der Waals surface area (Å²) < 4.78 is 9.85. The van der Waals surface area contributed by atoms with Gasteiger partial charge in [-0.25, -0.2) is 4.79 Å². The molecule has 1 aromatic rings. The lowest BCUT2D eigenvalue weighted by Crippen LogP contribution is -1.98. The Morgan fingerprint density at radius 1 is 1.00 bits per heavy atom. The van der Waals surface area contributed by atoms with Gasteiger partial charge in [-0.15, -0.1) is 0 Å². The fourth-order valence-corrected chi connectivity index (χ4v) is 1.46. The van der Waals surface area contributed by atoms with Crippen LogP contribution in [0.3, 0.4) is 0 Å². The summed E-state index contributed by atoms with van der Waals surface area (Å²) in [5, 5.41) is 0. The first-order valence-corrected chi connectivity index (χ1v) is 6.75. The van der Waals surface area contributed by atoms with Crippen molar-refractivity contribution in [1.82, 2.24) is 0 Å². The van der Waals surface area contributed by atoms with Crippen molar-refractivity contribution < 1.29 is 14.3 Å². The molecule has 0 aromatic heterocycles. The van der Waals surface area contributed by atoms with Gasteiger partial charge in [-0.1, -0.05) is 54.7 Å². The normalized spacial score (nSPS) is 11.9. The standard InChI is InChI=1S/C18H20O3/c1-3-21-18(19)11-9-7-5-4-6-8-10-16-12-14-17(20-2)15-13-16/h4-15H,3H2,1-2H3/b6-4+,7-5+,10-8+,11-9+. The molecule has 3 nitrogen and oxygen atoms in total. The topological polar surface area (TPSA) is 35.5 Å². The molecular weight excluding hydrogens is 264 g/mol. The Balaban J connectivity index is 2.36. The molecule has 0 radical (unpaired) electrons. The fraction of sp³-hybridized carbons (Fsp3) is 0.167. The van der Waals surface area contributed by atoms with Gasteiger partial charge >= 0.3 is 5.97 Å². The van der Waals surface area contributed by atoms with Crippen LogP contribution in [0.2, 0.25) is 0 Å². The van der Waals surface area contributed by atoms with Crippen LogP contribution in [0.1, 0.15) is 12.5 Å². The number of benzene rings is 1. The minimum Gasteiger partial charge on any atom is -0.497 e. The van der Waals surface area contributed by atoms with E-state index in [1.165, 1.54) is 6.08 Å². The van der Waals surface area contributed by atoms with E-state index in [0.29, 0.717) is 6.61 Å². The average molecular weight is 284 g/mol. The number of esters is 1. The smallest absolute Gasteiger partial charge is 0.330 e. The molecule has 1 rings (SSSR count). The molecule has 0 aliphatic heterocycles. The summed E-state index contributed by atoms with van der Waals surface area (Å²) >= 11 is 0. The van der Waals surface area contributed by atoms with E-state index in [-0.39, 0.29) is 5.97 Å². The molecule has 0 saturated heterocycles. The lowest BCUT2D eigenvalue weighted by molar-refractivity contribution is -0.137. The van der Waals surface area contributed by atoms with Gasteiger partial charge in [0, 0.05) is 6.08 Å². The van der Waals surface area contributed by atoms with Crippen LogP contribution in [-0.4, -0.2) is 19.7 Å². The Hall–Kier alpha value is -2.55. The fourth-order valence-electron chi connectivity index (χ4n) is 1.46. The van der Waals surface area contributed by atoms with E-state index < -0.39 is 0 Å². The summed E-state index contributed by atoms with van der Waals surface area (Å²) in [6.45, 7) is 2.17. The van der Waals surface area contributed by atoms with Gasteiger partial charge in [0.25, 0.3) is 0 Å². The van der Waals surface area contributed by atoms with E-state index in [1.54, 1.807) is 26.2 Å². The predicted molar refractivity (Wildman–Crippen MR) is 86.1 cm³/mol. The molecule has 0 N–H and O–H groups in total. The summed E-state index contributed by atoms with van der Waals surface area (Å²) in [4.78, 5) is 11.0. The first-order valence-electron chi connectivity index (χ1n) is 6.75. The molecule has 0 aliphatic carbocycles. The van der Waals surface area contributed by atoms with Crippen molar-refractivity contribution >= 4 is 12.0 Å². The molecule has 1 aromatic carbocycles. The molecule has 0 aliphatic rings. The van der Waals surface area contributed by atoms with Crippen LogP contribution in [0.25, 0.3) is 6.08 Å². The molecule has 21 heavy (non-hydrogen) atoms. The van der Waals surface area contributed by atoms with Gasteiger partial charge < -0.3 is 9.47 Å². The number of hydrogen-bond donors (Lipinski definition) is 0. The summed E-state index contributed by atoms with van der Waals surface area (Å²) in [5.74, 6) is 0.518. The average Bonchev–Trinajstić information content (AvgIpc) is 2.51. The molecule has 110 valence electrons. The van der Waals surface area contributed by atoms with Crippen molar-refractivity contribution in [3.05, 3.63) is 72.4 Å². The van der Waals surface area contributed by atoms with Crippen molar-refractivity contribution in [2.45, 2.75) is 6.92 Å². The molecule has 3 heteroatoms. The minimum absolute atomic E-state index is 0.328. The van der Waals surface area contributed by atoms with Crippen LogP contribution in [0.5, 0.6) is 5.75 Å². The Morgan fingerprint density at radius 2 is 1.62 bits per heavy atom. The van der Waals surface area contributed by atoms with Gasteiger partial charge in [-0.05, 0) is 24.6 Å². The zero-order valence-corrected chi connectivity index (χ0v) is 12.4. The van der Waals surface area contributed by atoms with Gasteiger partial charge in [0.1, 0.15) is 5.75 Å². The third-order valence-electron chi connectivity index (χ3n) is 2.48. The molecule has 0 fully saturated rings. The number of methoxy groups -OCH3 is 1. The van der Waals surface area contributed by atoms with Crippen LogP contribution in [-0.2, 0) is 9.53 Å². The van der Waals surface area contributed by atoms with Gasteiger partial charge in [-0.2, -0.15) is 0 Å². The van der Waals surface area contributed by atoms with Crippen LogP contribution >= 0.6 is 0 Å². The third-order valence-corrected chi connectivity index (χ3v) is 2.48. The summed E-state index contributed by atoms with van der Waals surface area (Å²) in [6, 6.07) is 7.81. The SMILES string of the molecule is CCOC(=O)/C=C/C=C/C=C/C=C/c1ccc(OC)cc1. The maximum atomic E-state index is 11.0. The zero-order valence-electron chi connectivity index (χ0n) is 12.4. The van der Waals surface area contributed by atoms with Crippen molar-refractivity contribution in [2.75, 3.05) is 13.7 Å². The molecule has 0 heterocycles. The first kappa shape index (κ1) is 16.5. The maximum absolute atomic E-state index is 11.0. The van der Waals surface area contributed by atoms with Crippen LogP contribution in [0.15, 0.2) is 66.8 Å². The Labute approximate surface area is 125 Å². The lowest BCUT2D eigenvalue weighted by atomic mass is 10.2. The molecule has 0 saturated carbocycles. The van der Waals surface area contributed by atoms with Gasteiger partial charge in [0.2, 0.25) is 0 Å². The molecular formula is C18H20O3. The summed E-state index contributed by atoms with van der Waals surface area (Å²) in [7, 11) is 1.65. The van der Waals surface area contributed by atoms with Gasteiger partial charge in [0.05, 0.1) is 13.7 Å². The number of rotatable bonds is 7. The zero-order chi connectivity index (χ0) is 15.3. The number of carbonyl (C=O) groups excluding carboxylic acids is 1. The first-order chi connectivity index (χ1) is 10.3. The summed E-state index contributed by atoms with van der Waals surface area (Å²) in [6.07, 6.45) is 14.4. The van der Waals surface area contributed by atoms with E-state index in [1.807, 2.05) is 54.6 Å². The number of carbonyl (C=O) groups is 1. The quantitative estimate of drug-likeness (QED) is 0.432. The van der Waals surface area contributed by atoms with Crippen LogP contribution in [0, 0.1) is 0 Å². The summed E-state index contributed by atoms with van der Waals surface area (Å²) in [5.41, 5.74) is 1.10. The second-order valence-corrected chi connectivity index (χ2v) is 4.01. The van der Waals surface area contributed by atoms with Crippen molar-refractivity contribution in [3.8, 4) is 5.75 Å². The second kappa shape index (κ2) is 10.3. The lowest BCUT2D eigenvalue weighted by Gasteiger charge is -1.98. The predicted octanol–water partition coefficient (Wildman–Crippen LogP) is 3.94. The number of hydrogen-bond acceptors (Lipinski definition) is 3. The monoisotopic (exact) mass is 284 g/mol. The molecule has 0 unspecified atom stereocenters. The Kier molecular flexibility index (Phi) is 8.07. The van der Waals surface area contributed by atoms with Gasteiger partial charge in [-0.3, -0.25) is 0 Å². The van der Waals surface area contributed by atoms with Crippen molar-refractivity contribution in [3.63, 3.8) is 0 Å². The number of ether oxygens (including phenoxy) is 2. The molecule has 0 bridgehead atoms. The molecule has 0 spiro atoms. The van der Waals surface area contributed by atoms with E-state index in [0.717, 1.165) is 11.3 Å². The van der Waals surface area contributed by atoms with E-state index in [2.05, 4.69) is 0 Å². The second-order valence-electron chi connectivity index (χ2n) is 4.01. The highest BCUT2D eigenvalue weighted by Gasteiger charge is 1.90. The minimum atomic E-state index is -0.328. The highest BCUT2D eigenvalue weighted by atomic mass is 16.5. The molecule has 0 amide bonds. The number of allylic oxidation sites excluding steroid dienone is 6. The van der Waals surface area contributed by atoms with E-state index in [9.17, 15) is 4.79 Å². The maximum Gasteiger partial charge on any atom is 0.330 e. The molecule has 0 atom stereocenters. The highest BCUT2D eigenvalue weighted by molar-refractivity contribution is 5.82.